The average Bonchev–Trinajstić information content (AvgIpc) is 2.69. The van der Waals surface area contributed by atoms with Gasteiger partial charge in [-0.25, -0.2) is 0 Å². The zero-order valence-electron chi connectivity index (χ0n) is 12.2. The van der Waals surface area contributed by atoms with E-state index in [9.17, 15) is 0 Å². The van der Waals surface area contributed by atoms with Crippen LogP contribution < -0.4 is 10.2 Å². The van der Waals surface area contributed by atoms with Gasteiger partial charge in [-0.15, -0.1) is 0 Å². The van der Waals surface area contributed by atoms with Crippen molar-refractivity contribution in [2.24, 2.45) is 0 Å². The van der Waals surface area contributed by atoms with Gasteiger partial charge in [0.1, 0.15) is 0 Å². The number of para-hydroxylation sites is 1. The Morgan fingerprint density at radius 3 is 3.05 bits per heavy atom. The third-order valence-electron chi connectivity index (χ3n) is 3.55. The van der Waals surface area contributed by atoms with Crippen LogP contribution in [-0.4, -0.2) is 31.4 Å². The third kappa shape index (κ3) is 4.18. The van der Waals surface area contributed by atoms with Crippen molar-refractivity contribution in [2.75, 3.05) is 31.2 Å². The van der Waals surface area contributed by atoms with Crippen molar-refractivity contribution < 1.29 is 4.74 Å². The summed E-state index contributed by atoms with van der Waals surface area (Å²) in [6, 6.07) is 8.59. The first kappa shape index (κ1) is 15.3. The van der Waals surface area contributed by atoms with Gasteiger partial charge in [-0.1, -0.05) is 18.2 Å². The summed E-state index contributed by atoms with van der Waals surface area (Å²) >= 11 is 5.56. The van der Waals surface area contributed by atoms with E-state index in [0.29, 0.717) is 0 Å². The van der Waals surface area contributed by atoms with E-state index in [4.69, 9.17) is 17.0 Å². The highest BCUT2D eigenvalue weighted by Crippen LogP contribution is 2.25. The van der Waals surface area contributed by atoms with Gasteiger partial charge >= 0.3 is 0 Å². The lowest BCUT2D eigenvalue weighted by Gasteiger charge is -2.26. The minimum atomic E-state index is 0.782. The van der Waals surface area contributed by atoms with Gasteiger partial charge in [0.25, 0.3) is 0 Å². The van der Waals surface area contributed by atoms with E-state index in [1.165, 1.54) is 24.1 Å². The Hall–Kier alpha value is -1.13. The fraction of sp³-hybridized carbons (Fsp3) is 0.562. The quantitative estimate of drug-likeness (QED) is 0.665. The molecule has 1 aromatic rings. The second-order valence-corrected chi connectivity index (χ2v) is 5.41. The predicted molar refractivity (Wildman–Crippen MR) is 88.4 cm³/mol. The highest BCUT2D eigenvalue weighted by Gasteiger charge is 2.17. The molecule has 1 aromatic carbocycles. The van der Waals surface area contributed by atoms with Crippen LogP contribution in [0.25, 0.3) is 0 Å². The van der Waals surface area contributed by atoms with Crippen molar-refractivity contribution in [1.29, 1.82) is 0 Å². The van der Waals surface area contributed by atoms with Gasteiger partial charge in [0.05, 0.1) is 0 Å². The van der Waals surface area contributed by atoms with Crippen LogP contribution in [0.5, 0.6) is 0 Å². The molecule has 1 N–H and O–H groups in total. The van der Waals surface area contributed by atoms with Gasteiger partial charge in [-0.05, 0) is 56.5 Å². The van der Waals surface area contributed by atoms with E-state index in [1.54, 1.807) is 0 Å². The summed E-state index contributed by atoms with van der Waals surface area (Å²) in [5.74, 6) is 0. The van der Waals surface area contributed by atoms with Crippen molar-refractivity contribution in [3.05, 3.63) is 29.8 Å². The standard InChI is InChI=1S/C16H24N2OS/c1-2-19-13-7-11-17-16(20)18-12-6-5-9-14-8-3-4-10-15(14)18/h3-4,8,10H,2,5-7,9,11-13H2,1H3,(H,17,20). The van der Waals surface area contributed by atoms with E-state index in [2.05, 4.69) is 34.5 Å². The molecular weight excluding hydrogens is 268 g/mol. The maximum atomic E-state index is 5.56. The van der Waals surface area contributed by atoms with Crippen LogP contribution in [0.15, 0.2) is 24.3 Å². The van der Waals surface area contributed by atoms with Crippen LogP contribution in [0.3, 0.4) is 0 Å². The van der Waals surface area contributed by atoms with Gasteiger partial charge < -0.3 is 15.0 Å². The Balaban J connectivity index is 1.92. The maximum Gasteiger partial charge on any atom is 0.173 e. The van der Waals surface area contributed by atoms with Crippen LogP contribution in [0.2, 0.25) is 0 Å². The number of hydrogen-bond donors (Lipinski definition) is 1. The molecule has 110 valence electrons. The molecule has 2 rings (SSSR count). The largest absolute Gasteiger partial charge is 0.382 e. The lowest BCUT2D eigenvalue weighted by Crippen LogP contribution is -2.41. The Morgan fingerprint density at radius 2 is 2.20 bits per heavy atom. The lowest BCUT2D eigenvalue weighted by atomic mass is 10.1. The van der Waals surface area contributed by atoms with Crippen LogP contribution in [0.4, 0.5) is 5.69 Å². The van der Waals surface area contributed by atoms with Gasteiger partial charge in [0.2, 0.25) is 0 Å². The summed E-state index contributed by atoms with van der Waals surface area (Å²) in [6.07, 6.45) is 4.57. The van der Waals surface area contributed by atoms with Crippen molar-refractivity contribution in [3.8, 4) is 0 Å². The monoisotopic (exact) mass is 292 g/mol. The molecule has 0 saturated carbocycles. The lowest BCUT2D eigenvalue weighted by molar-refractivity contribution is 0.146. The molecule has 0 aromatic heterocycles. The molecule has 4 heteroatoms. The number of rotatable bonds is 5. The molecule has 0 radical (unpaired) electrons. The van der Waals surface area contributed by atoms with Gasteiger partial charge in [0, 0.05) is 32.0 Å². The van der Waals surface area contributed by atoms with Gasteiger partial charge in [0.15, 0.2) is 5.11 Å². The third-order valence-corrected chi connectivity index (χ3v) is 3.92. The average molecular weight is 292 g/mol. The van der Waals surface area contributed by atoms with Crippen LogP contribution >= 0.6 is 12.2 Å². The normalized spacial score (nSPS) is 14.6. The summed E-state index contributed by atoms with van der Waals surface area (Å²) in [5, 5.41) is 4.20. The zero-order chi connectivity index (χ0) is 14.2. The molecule has 0 bridgehead atoms. The number of thiocarbonyl (C=S) groups is 1. The molecule has 1 aliphatic heterocycles. The number of anilines is 1. The maximum absolute atomic E-state index is 5.56. The molecule has 0 spiro atoms. The van der Waals surface area contributed by atoms with E-state index in [0.717, 1.165) is 44.3 Å². The molecule has 0 amide bonds. The number of nitrogens with zero attached hydrogens (tertiary/aromatic N) is 1. The van der Waals surface area contributed by atoms with Crippen molar-refractivity contribution in [1.82, 2.24) is 5.32 Å². The molecule has 0 aliphatic carbocycles. The van der Waals surface area contributed by atoms with Gasteiger partial charge in [-0.3, -0.25) is 0 Å². The molecule has 3 nitrogen and oxygen atoms in total. The molecule has 20 heavy (non-hydrogen) atoms. The van der Waals surface area contributed by atoms with E-state index in [1.807, 2.05) is 6.92 Å². The molecule has 1 aliphatic rings. The SMILES string of the molecule is CCOCCCNC(=S)N1CCCCc2ccccc21. The van der Waals surface area contributed by atoms with Crippen molar-refractivity contribution in [3.63, 3.8) is 0 Å². The smallest absolute Gasteiger partial charge is 0.173 e. The van der Waals surface area contributed by atoms with Gasteiger partial charge in [-0.2, -0.15) is 0 Å². The second-order valence-electron chi connectivity index (χ2n) is 5.02. The molecule has 0 fully saturated rings. The molecule has 0 atom stereocenters. The predicted octanol–water partition coefficient (Wildman–Crippen LogP) is 3.13. The Kier molecular flexibility index (Phi) is 6.27. The first-order valence-electron chi connectivity index (χ1n) is 7.54. The molecule has 1 heterocycles. The summed E-state index contributed by atoms with van der Waals surface area (Å²) < 4.78 is 5.34. The minimum absolute atomic E-state index is 0.782. The van der Waals surface area contributed by atoms with E-state index >= 15 is 0 Å². The highest BCUT2D eigenvalue weighted by atomic mass is 32.1. The minimum Gasteiger partial charge on any atom is -0.382 e. The number of fused-ring (bicyclic) bond motifs is 1. The topological polar surface area (TPSA) is 24.5 Å². The van der Waals surface area contributed by atoms with Crippen LogP contribution in [0.1, 0.15) is 31.7 Å². The van der Waals surface area contributed by atoms with Crippen molar-refractivity contribution in [2.45, 2.75) is 32.6 Å². The number of benzene rings is 1. The summed E-state index contributed by atoms with van der Waals surface area (Å²) in [7, 11) is 0. The Bertz CT molecular complexity index is 436. The van der Waals surface area contributed by atoms with E-state index < -0.39 is 0 Å². The summed E-state index contributed by atoms with van der Waals surface area (Å²) in [6.45, 7) is 5.48. The first-order valence-corrected chi connectivity index (χ1v) is 7.94. The fourth-order valence-electron chi connectivity index (χ4n) is 2.51. The summed E-state index contributed by atoms with van der Waals surface area (Å²) in [5.41, 5.74) is 2.68. The number of ether oxygens (including phenoxy) is 1. The summed E-state index contributed by atoms with van der Waals surface area (Å²) in [4.78, 5) is 2.25. The van der Waals surface area contributed by atoms with Crippen molar-refractivity contribution >= 4 is 23.0 Å². The molecule has 0 saturated heterocycles. The van der Waals surface area contributed by atoms with E-state index in [-0.39, 0.29) is 0 Å². The first-order chi connectivity index (χ1) is 9.83. The number of aryl methyl sites for hydroxylation is 1. The molecular formula is C16H24N2OS. The Labute approximate surface area is 127 Å². The number of nitrogens with one attached hydrogen (secondary N) is 1. The van der Waals surface area contributed by atoms with Crippen LogP contribution in [0, 0.1) is 0 Å². The zero-order valence-corrected chi connectivity index (χ0v) is 13.0. The highest BCUT2D eigenvalue weighted by molar-refractivity contribution is 7.80. The Morgan fingerprint density at radius 1 is 1.35 bits per heavy atom. The second kappa shape index (κ2) is 8.22. The number of hydrogen-bond acceptors (Lipinski definition) is 2. The molecule has 0 unspecified atom stereocenters. The van der Waals surface area contributed by atoms with Crippen LogP contribution in [-0.2, 0) is 11.2 Å². The fourth-order valence-corrected chi connectivity index (χ4v) is 2.80.